The molecule has 2 atom stereocenters. The van der Waals surface area contributed by atoms with Crippen LogP contribution in [0.3, 0.4) is 0 Å². The van der Waals surface area contributed by atoms with Gasteiger partial charge in [-0.05, 0) is 57.9 Å². The number of rotatable bonds is 5. The van der Waals surface area contributed by atoms with E-state index in [0.29, 0.717) is 12.6 Å². The summed E-state index contributed by atoms with van der Waals surface area (Å²) in [6, 6.07) is 6.69. The fourth-order valence-electron chi connectivity index (χ4n) is 3.07. The van der Waals surface area contributed by atoms with Crippen LogP contribution in [0.1, 0.15) is 63.7 Å². The minimum atomic E-state index is -0.430. The highest BCUT2D eigenvalue weighted by molar-refractivity contribution is 5.38. The van der Waals surface area contributed by atoms with E-state index in [1.807, 2.05) is 26.0 Å². The van der Waals surface area contributed by atoms with Gasteiger partial charge in [0.1, 0.15) is 5.75 Å². The molecule has 1 saturated heterocycles. The van der Waals surface area contributed by atoms with Gasteiger partial charge in [-0.25, -0.2) is 0 Å². The predicted octanol–water partition coefficient (Wildman–Crippen LogP) is 3.90. The first-order chi connectivity index (χ1) is 10.1. The van der Waals surface area contributed by atoms with Crippen LogP contribution in [0, 0.1) is 0 Å². The van der Waals surface area contributed by atoms with Crippen molar-refractivity contribution in [3.05, 3.63) is 29.3 Å². The van der Waals surface area contributed by atoms with Gasteiger partial charge in [-0.15, -0.1) is 0 Å². The third-order valence-corrected chi connectivity index (χ3v) is 4.43. The molecule has 1 fully saturated rings. The highest BCUT2D eigenvalue weighted by Gasteiger charge is 2.19. The van der Waals surface area contributed by atoms with Gasteiger partial charge in [0.15, 0.2) is 0 Å². The Kier molecular flexibility index (Phi) is 6.07. The molecule has 21 heavy (non-hydrogen) atoms. The van der Waals surface area contributed by atoms with Crippen molar-refractivity contribution in [2.75, 3.05) is 13.2 Å². The van der Waals surface area contributed by atoms with Crippen LogP contribution < -0.4 is 4.74 Å². The van der Waals surface area contributed by atoms with E-state index in [2.05, 4.69) is 17.9 Å². The lowest BCUT2D eigenvalue weighted by Crippen LogP contribution is -2.32. The van der Waals surface area contributed by atoms with E-state index in [4.69, 9.17) is 4.74 Å². The Hall–Kier alpha value is -1.06. The van der Waals surface area contributed by atoms with Crippen LogP contribution in [-0.2, 0) is 6.54 Å². The van der Waals surface area contributed by atoms with Crippen molar-refractivity contribution < 1.29 is 9.84 Å². The molecule has 1 N–H and O–H groups in total. The average Bonchev–Trinajstić information content (AvgIpc) is 2.66. The largest absolute Gasteiger partial charge is 0.494 e. The van der Waals surface area contributed by atoms with E-state index in [9.17, 15) is 5.11 Å². The molecule has 0 bridgehead atoms. The van der Waals surface area contributed by atoms with E-state index in [0.717, 1.165) is 24.4 Å². The summed E-state index contributed by atoms with van der Waals surface area (Å²) in [6.45, 7) is 8.90. The maximum atomic E-state index is 9.82. The van der Waals surface area contributed by atoms with Crippen LogP contribution in [0.25, 0.3) is 0 Å². The first-order valence-corrected chi connectivity index (χ1v) is 8.29. The van der Waals surface area contributed by atoms with Crippen molar-refractivity contribution in [1.82, 2.24) is 4.90 Å². The van der Waals surface area contributed by atoms with Crippen molar-refractivity contribution in [2.24, 2.45) is 0 Å². The van der Waals surface area contributed by atoms with Gasteiger partial charge >= 0.3 is 0 Å². The van der Waals surface area contributed by atoms with Crippen LogP contribution in [0.5, 0.6) is 5.75 Å². The fourth-order valence-corrected chi connectivity index (χ4v) is 3.07. The van der Waals surface area contributed by atoms with Crippen molar-refractivity contribution in [2.45, 2.75) is 65.1 Å². The zero-order chi connectivity index (χ0) is 15.2. The molecule has 1 aromatic rings. The maximum Gasteiger partial charge on any atom is 0.123 e. The van der Waals surface area contributed by atoms with Gasteiger partial charge in [0.25, 0.3) is 0 Å². The van der Waals surface area contributed by atoms with Crippen molar-refractivity contribution in [3.63, 3.8) is 0 Å². The molecule has 0 radical (unpaired) electrons. The summed E-state index contributed by atoms with van der Waals surface area (Å²) in [7, 11) is 0. The fraction of sp³-hybridized carbons (Fsp3) is 0.667. The molecule has 0 aromatic heterocycles. The maximum absolute atomic E-state index is 9.82. The summed E-state index contributed by atoms with van der Waals surface area (Å²) in [5.74, 6) is 0.957. The van der Waals surface area contributed by atoms with Gasteiger partial charge in [-0.3, -0.25) is 4.90 Å². The van der Waals surface area contributed by atoms with E-state index < -0.39 is 6.10 Å². The molecule has 1 heterocycles. The summed E-state index contributed by atoms with van der Waals surface area (Å²) in [5.41, 5.74) is 2.17. The molecule has 0 aliphatic carbocycles. The van der Waals surface area contributed by atoms with Gasteiger partial charge < -0.3 is 9.84 Å². The molecular formula is C18H29NO2. The van der Waals surface area contributed by atoms with E-state index in [-0.39, 0.29) is 0 Å². The van der Waals surface area contributed by atoms with Crippen LogP contribution in [0.4, 0.5) is 0 Å². The third kappa shape index (κ3) is 4.45. The topological polar surface area (TPSA) is 32.7 Å². The van der Waals surface area contributed by atoms with Crippen molar-refractivity contribution in [3.8, 4) is 5.75 Å². The summed E-state index contributed by atoms with van der Waals surface area (Å²) in [5, 5.41) is 9.82. The second kappa shape index (κ2) is 7.81. The van der Waals surface area contributed by atoms with Crippen LogP contribution in [0.2, 0.25) is 0 Å². The quantitative estimate of drug-likeness (QED) is 0.893. The highest BCUT2D eigenvalue weighted by atomic mass is 16.5. The number of aliphatic hydroxyl groups excluding tert-OH is 1. The molecule has 0 saturated carbocycles. The number of ether oxygens (including phenoxy) is 1. The SMILES string of the molecule is CCOc1ccc(C(C)O)cc1CN1CCCCCC1C. The van der Waals surface area contributed by atoms with E-state index in [1.54, 1.807) is 0 Å². The van der Waals surface area contributed by atoms with Crippen molar-refractivity contribution in [1.29, 1.82) is 0 Å². The average molecular weight is 291 g/mol. The van der Waals surface area contributed by atoms with E-state index >= 15 is 0 Å². The molecule has 3 nitrogen and oxygen atoms in total. The number of aliphatic hydroxyl groups is 1. The van der Waals surface area contributed by atoms with Crippen LogP contribution in [-0.4, -0.2) is 29.2 Å². The Balaban J connectivity index is 2.20. The zero-order valence-electron chi connectivity index (χ0n) is 13.6. The summed E-state index contributed by atoms with van der Waals surface area (Å²) < 4.78 is 5.77. The number of hydrogen-bond donors (Lipinski definition) is 1. The Morgan fingerprint density at radius 1 is 1.33 bits per heavy atom. The van der Waals surface area contributed by atoms with E-state index in [1.165, 1.54) is 31.2 Å². The molecule has 0 spiro atoms. The Bertz CT molecular complexity index is 445. The summed E-state index contributed by atoms with van der Waals surface area (Å²) in [6.07, 6.45) is 4.81. The Morgan fingerprint density at radius 3 is 2.86 bits per heavy atom. The minimum Gasteiger partial charge on any atom is -0.494 e. The predicted molar refractivity (Wildman–Crippen MR) is 86.6 cm³/mol. The molecule has 1 aromatic carbocycles. The monoisotopic (exact) mass is 291 g/mol. The standard InChI is InChI=1S/C18H29NO2/c1-4-21-18-10-9-16(15(3)20)12-17(18)13-19-11-7-5-6-8-14(19)2/h9-10,12,14-15,20H,4-8,11,13H2,1-3H3. The molecule has 2 unspecified atom stereocenters. The summed E-state index contributed by atoms with van der Waals surface area (Å²) in [4.78, 5) is 2.55. The Labute approximate surface area is 128 Å². The van der Waals surface area contributed by atoms with Gasteiger partial charge in [0.05, 0.1) is 12.7 Å². The minimum absolute atomic E-state index is 0.430. The number of hydrogen-bond acceptors (Lipinski definition) is 3. The third-order valence-electron chi connectivity index (χ3n) is 4.43. The van der Waals surface area contributed by atoms with Gasteiger partial charge in [-0.2, -0.15) is 0 Å². The molecule has 0 amide bonds. The normalized spacial score (nSPS) is 21.8. The van der Waals surface area contributed by atoms with Crippen LogP contribution >= 0.6 is 0 Å². The van der Waals surface area contributed by atoms with Crippen LogP contribution in [0.15, 0.2) is 18.2 Å². The number of likely N-dealkylation sites (tertiary alicyclic amines) is 1. The Morgan fingerprint density at radius 2 is 2.14 bits per heavy atom. The molecule has 1 aliphatic heterocycles. The molecule has 1 aliphatic rings. The molecule has 3 heteroatoms. The first-order valence-electron chi connectivity index (χ1n) is 8.29. The smallest absolute Gasteiger partial charge is 0.123 e. The zero-order valence-corrected chi connectivity index (χ0v) is 13.6. The highest BCUT2D eigenvalue weighted by Crippen LogP contribution is 2.27. The second-order valence-electron chi connectivity index (χ2n) is 6.14. The molecular weight excluding hydrogens is 262 g/mol. The molecule has 118 valence electrons. The van der Waals surface area contributed by atoms with Gasteiger partial charge in [0, 0.05) is 18.2 Å². The lowest BCUT2D eigenvalue weighted by molar-refractivity contribution is 0.194. The number of benzene rings is 1. The first kappa shape index (κ1) is 16.3. The van der Waals surface area contributed by atoms with Gasteiger partial charge in [-0.1, -0.05) is 18.9 Å². The lowest BCUT2D eigenvalue weighted by atomic mass is 10.0. The van der Waals surface area contributed by atoms with Gasteiger partial charge in [0.2, 0.25) is 0 Å². The number of nitrogens with zero attached hydrogens (tertiary/aromatic N) is 1. The second-order valence-corrected chi connectivity index (χ2v) is 6.14. The lowest BCUT2D eigenvalue weighted by Gasteiger charge is -2.28. The molecule has 2 rings (SSSR count). The van der Waals surface area contributed by atoms with Crippen molar-refractivity contribution >= 4 is 0 Å². The summed E-state index contributed by atoms with van der Waals surface area (Å²) >= 11 is 0.